The van der Waals surface area contributed by atoms with Crippen LogP contribution in [-0.4, -0.2) is 4.75 Å². The summed E-state index contributed by atoms with van der Waals surface area (Å²) in [6.07, 6.45) is -0.0875. The van der Waals surface area contributed by atoms with Crippen molar-refractivity contribution in [3.63, 3.8) is 0 Å². The molecule has 1 atom stereocenters. The summed E-state index contributed by atoms with van der Waals surface area (Å²) in [7, 11) is 0. The van der Waals surface area contributed by atoms with Gasteiger partial charge in [0.05, 0.1) is 6.17 Å². The molecule has 5 heteroatoms. The van der Waals surface area contributed by atoms with Gasteiger partial charge in [0.15, 0.2) is 0 Å². The molecule has 0 saturated heterocycles. The molecule has 0 aromatic carbocycles. The lowest BCUT2D eigenvalue weighted by Gasteiger charge is -2.20. The Morgan fingerprint density at radius 2 is 2.21 bits per heavy atom. The predicted molar refractivity (Wildman–Crippen MR) is 69.4 cm³/mol. The first-order valence-electron chi connectivity index (χ1n) is 4.31. The highest BCUT2D eigenvalue weighted by molar-refractivity contribution is 9.10. The minimum atomic E-state index is -0.0875. The third-order valence-electron chi connectivity index (χ3n) is 1.39. The summed E-state index contributed by atoms with van der Waals surface area (Å²) in [5.74, 6) is 0. The van der Waals surface area contributed by atoms with Crippen LogP contribution in [-0.2, 0) is 0 Å². The summed E-state index contributed by atoms with van der Waals surface area (Å²) in [6, 6.07) is 2.05. The standard InChI is InChI=1S/C9H15BrN2S2/c1-9(2,3)14-12-8(11)7-4-6(10)5-13-7/h4-5,8,12H,11H2,1-3H3/t8-/m0/s1. The Morgan fingerprint density at radius 1 is 1.57 bits per heavy atom. The Hall–Kier alpha value is 0.450. The molecule has 14 heavy (non-hydrogen) atoms. The molecule has 3 N–H and O–H groups in total. The van der Waals surface area contributed by atoms with Crippen molar-refractivity contribution in [3.05, 3.63) is 20.8 Å². The number of rotatable bonds is 3. The van der Waals surface area contributed by atoms with Crippen molar-refractivity contribution < 1.29 is 0 Å². The molecule has 80 valence electrons. The topological polar surface area (TPSA) is 38.0 Å². The van der Waals surface area contributed by atoms with Gasteiger partial charge in [0.1, 0.15) is 0 Å². The van der Waals surface area contributed by atoms with Crippen LogP contribution in [0.25, 0.3) is 0 Å². The van der Waals surface area contributed by atoms with Gasteiger partial charge < -0.3 is 5.73 Å². The van der Waals surface area contributed by atoms with E-state index in [-0.39, 0.29) is 10.9 Å². The first-order chi connectivity index (χ1) is 6.38. The van der Waals surface area contributed by atoms with Crippen LogP contribution in [0.1, 0.15) is 31.8 Å². The molecule has 0 amide bonds. The maximum absolute atomic E-state index is 5.97. The Labute approximate surface area is 102 Å². The largest absolute Gasteiger partial charge is 0.311 e. The van der Waals surface area contributed by atoms with Crippen molar-refractivity contribution >= 4 is 39.2 Å². The molecule has 1 aromatic rings. The van der Waals surface area contributed by atoms with Gasteiger partial charge in [-0.3, -0.25) is 0 Å². The second kappa shape index (κ2) is 4.99. The Balaban J connectivity index is 2.47. The third-order valence-corrected chi connectivity index (χ3v) is 4.15. The minimum absolute atomic E-state index is 0.0875. The van der Waals surface area contributed by atoms with Crippen LogP contribution < -0.4 is 10.5 Å². The number of hydrogen-bond acceptors (Lipinski definition) is 4. The van der Waals surface area contributed by atoms with Gasteiger partial charge in [0, 0.05) is 19.5 Å². The fourth-order valence-electron chi connectivity index (χ4n) is 0.790. The van der Waals surface area contributed by atoms with Crippen molar-refractivity contribution in [2.75, 3.05) is 0 Å². The minimum Gasteiger partial charge on any atom is -0.311 e. The van der Waals surface area contributed by atoms with Gasteiger partial charge in [-0.15, -0.1) is 11.3 Å². The van der Waals surface area contributed by atoms with Crippen molar-refractivity contribution in [3.8, 4) is 0 Å². The SMILES string of the molecule is CC(C)(C)SN[C@H](N)c1cc(Br)cs1. The van der Waals surface area contributed by atoms with Gasteiger partial charge in [-0.25, -0.2) is 4.72 Å². The number of nitrogens with one attached hydrogen (secondary N) is 1. The number of thiophene rings is 1. The van der Waals surface area contributed by atoms with E-state index in [0.29, 0.717) is 0 Å². The Morgan fingerprint density at radius 3 is 2.64 bits per heavy atom. The van der Waals surface area contributed by atoms with Crippen LogP contribution in [0.5, 0.6) is 0 Å². The molecule has 0 aliphatic rings. The van der Waals surface area contributed by atoms with Crippen molar-refractivity contribution in [2.45, 2.75) is 31.7 Å². The summed E-state index contributed by atoms with van der Waals surface area (Å²) < 4.78 is 4.52. The molecule has 0 saturated carbocycles. The van der Waals surface area contributed by atoms with Crippen molar-refractivity contribution in [1.29, 1.82) is 0 Å². The van der Waals surface area contributed by atoms with Crippen molar-refractivity contribution in [1.82, 2.24) is 4.72 Å². The van der Waals surface area contributed by atoms with E-state index in [0.717, 1.165) is 9.35 Å². The van der Waals surface area contributed by atoms with Crippen LogP contribution >= 0.6 is 39.2 Å². The smallest absolute Gasteiger partial charge is 0.0995 e. The molecule has 0 fully saturated rings. The number of halogens is 1. The summed E-state index contributed by atoms with van der Waals surface area (Å²) in [6.45, 7) is 6.46. The lowest BCUT2D eigenvalue weighted by Crippen LogP contribution is -2.26. The molecule has 0 aliphatic heterocycles. The van der Waals surface area contributed by atoms with E-state index in [1.54, 1.807) is 23.3 Å². The molecule has 1 rings (SSSR count). The van der Waals surface area contributed by atoms with Crippen LogP contribution in [0.2, 0.25) is 0 Å². The highest BCUT2D eigenvalue weighted by Gasteiger charge is 2.14. The first kappa shape index (κ1) is 12.5. The van der Waals surface area contributed by atoms with E-state index in [2.05, 4.69) is 41.4 Å². The number of hydrogen-bond donors (Lipinski definition) is 2. The maximum Gasteiger partial charge on any atom is 0.0995 e. The highest BCUT2D eigenvalue weighted by Crippen LogP contribution is 2.27. The zero-order valence-electron chi connectivity index (χ0n) is 8.50. The lowest BCUT2D eigenvalue weighted by atomic mass is 10.3. The Bertz CT molecular complexity index is 293. The molecule has 0 aliphatic carbocycles. The first-order valence-corrected chi connectivity index (χ1v) is 6.80. The van der Waals surface area contributed by atoms with Crippen molar-refractivity contribution in [2.24, 2.45) is 5.73 Å². The third kappa shape index (κ3) is 4.31. The zero-order chi connectivity index (χ0) is 10.8. The fraction of sp³-hybridized carbons (Fsp3) is 0.556. The predicted octanol–water partition coefficient (Wildman–Crippen LogP) is 3.50. The second-order valence-electron chi connectivity index (χ2n) is 3.98. The summed E-state index contributed by atoms with van der Waals surface area (Å²) in [4.78, 5) is 1.15. The average Bonchev–Trinajstić information content (AvgIpc) is 2.46. The zero-order valence-corrected chi connectivity index (χ0v) is 11.7. The fourth-order valence-corrected chi connectivity index (χ4v) is 2.87. The van der Waals surface area contributed by atoms with Crippen LogP contribution in [0.4, 0.5) is 0 Å². The molecule has 0 bridgehead atoms. The molecule has 0 radical (unpaired) electrons. The van der Waals surface area contributed by atoms with Gasteiger partial charge in [0.2, 0.25) is 0 Å². The molecular weight excluding hydrogens is 280 g/mol. The van der Waals surface area contributed by atoms with Crippen LogP contribution in [0, 0.1) is 0 Å². The van der Waals surface area contributed by atoms with E-state index >= 15 is 0 Å². The van der Waals surface area contributed by atoms with Gasteiger partial charge >= 0.3 is 0 Å². The number of nitrogens with two attached hydrogens (primary N) is 1. The van der Waals surface area contributed by atoms with Crippen LogP contribution in [0.3, 0.4) is 0 Å². The average molecular weight is 295 g/mol. The van der Waals surface area contributed by atoms with Gasteiger partial charge in [-0.1, -0.05) is 11.9 Å². The molecule has 1 heterocycles. The van der Waals surface area contributed by atoms with E-state index in [1.165, 1.54) is 0 Å². The normalized spacial score (nSPS) is 14.4. The lowest BCUT2D eigenvalue weighted by molar-refractivity contribution is 0.707. The summed E-state index contributed by atoms with van der Waals surface area (Å²) in [5, 5.41) is 2.04. The Kier molecular flexibility index (Phi) is 4.46. The second-order valence-corrected chi connectivity index (χ2v) is 7.50. The molecule has 0 spiro atoms. The molecule has 1 aromatic heterocycles. The molecular formula is C9H15BrN2S2. The van der Waals surface area contributed by atoms with Gasteiger partial charge in [0.25, 0.3) is 0 Å². The van der Waals surface area contributed by atoms with E-state index in [9.17, 15) is 0 Å². The van der Waals surface area contributed by atoms with E-state index < -0.39 is 0 Å². The van der Waals surface area contributed by atoms with E-state index in [1.807, 2.05) is 11.4 Å². The quantitative estimate of drug-likeness (QED) is 0.662. The van der Waals surface area contributed by atoms with E-state index in [4.69, 9.17) is 5.73 Å². The highest BCUT2D eigenvalue weighted by atomic mass is 79.9. The summed E-state index contributed by atoms with van der Waals surface area (Å²) >= 11 is 6.73. The van der Waals surface area contributed by atoms with Crippen LogP contribution in [0.15, 0.2) is 15.9 Å². The molecule has 2 nitrogen and oxygen atoms in total. The maximum atomic E-state index is 5.97. The molecule has 0 unspecified atom stereocenters. The van der Waals surface area contributed by atoms with Gasteiger partial charge in [-0.05, 0) is 42.8 Å². The summed E-state index contributed by atoms with van der Waals surface area (Å²) in [5.41, 5.74) is 5.97. The van der Waals surface area contributed by atoms with Gasteiger partial charge in [-0.2, -0.15) is 0 Å². The monoisotopic (exact) mass is 294 g/mol.